The highest BCUT2D eigenvalue weighted by Gasteiger charge is 2.28. The lowest BCUT2D eigenvalue weighted by Gasteiger charge is -2.05. The van der Waals surface area contributed by atoms with Crippen LogP contribution in [0.2, 0.25) is 0 Å². The van der Waals surface area contributed by atoms with Crippen LogP contribution in [0.3, 0.4) is 0 Å². The Kier molecular flexibility index (Phi) is 3.97. The number of aliphatic imine (C=N–C) groups is 1. The predicted octanol–water partition coefficient (Wildman–Crippen LogP) is 2.22. The van der Waals surface area contributed by atoms with Gasteiger partial charge in [0.1, 0.15) is 5.75 Å². The van der Waals surface area contributed by atoms with Gasteiger partial charge in [-0.25, -0.2) is 0 Å². The molecule has 1 unspecified atom stereocenters. The molecule has 4 nitrogen and oxygen atoms in total. The Bertz CT molecular complexity index is 451. The molecule has 0 radical (unpaired) electrons. The highest BCUT2D eigenvalue weighted by Crippen LogP contribution is 2.17. The van der Waals surface area contributed by atoms with Crippen molar-refractivity contribution in [2.24, 2.45) is 10.9 Å². The minimum atomic E-state index is -0.150. The zero-order valence-electron chi connectivity index (χ0n) is 10.7. The van der Waals surface area contributed by atoms with Gasteiger partial charge in [0.2, 0.25) is 0 Å². The minimum absolute atomic E-state index is 0.147. The van der Waals surface area contributed by atoms with Crippen molar-refractivity contribution in [1.29, 1.82) is 0 Å². The molecule has 0 bridgehead atoms. The number of benzene rings is 1. The minimum Gasteiger partial charge on any atom is -0.497 e. The first kappa shape index (κ1) is 12.6. The average molecular weight is 247 g/mol. The summed E-state index contributed by atoms with van der Waals surface area (Å²) in [4.78, 5) is 15.8. The van der Waals surface area contributed by atoms with E-state index in [1.807, 2.05) is 31.2 Å². The summed E-state index contributed by atoms with van der Waals surface area (Å²) in [6.07, 6.45) is 0.747. The molecule has 1 aromatic carbocycles. The molecule has 1 aromatic rings. The predicted molar refractivity (Wildman–Crippen MR) is 68.9 cm³/mol. The van der Waals surface area contributed by atoms with Crippen LogP contribution in [0.15, 0.2) is 29.3 Å². The number of hydrogen-bond acceptors (Lipinski definition) is 4. The second-order valence-electron chi connectivity index (χ2n) is 4.31. The highest BCUT2D eigenvalue weighted by atomic mass is 16.5. The molecule has 4 heteroatoms. The second-order valence-corrected chi connectivity index (χ2v) is 4.31. The summed E-state index contributed by atoms with van der Waals surface area (Å²) >= 11 is 0. The standard InChI is InChI=1S/C14H17NO3/c1-10(13-7-8-18-14(13)16)15-9-11-3-5-12(17-2)6-4-11/h3-6,13H,7-9H2,1-2H3. The van der Waals surface area contributed by atoms with Gasteiger partial charge in [-0.15, -0.1) is 0 Å². The summed E-state index contributed by atoms with van der Waals surface area (Å²) in [5.41, 5.74) is 1.95. The lowest BCUT2D eigenvalue weighted by molar-refractivity contribution is -0.139. The van der Waals surface area contributed by atoms with Gasteiger partial charge in [0.25, 0.3) is 0 Å². The molecule has 0 N–H and O–H groups in total. The number of esters is 1. The maximum atomic E-state index is 11.4. The quantitative estimate of drug-likeness (QED) is 0.605. The molecule has 1 aliphatic heterocycles. The molecule has 1 saturated heterocycles. The van der Waals surface area contributed by atoms with Crippen molar-refractivity contribution in [1.82, 2.24) is 0 Å². The number of carbonyl (C=O) groups excluding carboxylic acids is 1. The largest absolute Gasteiger partial charge is 0.497 e. The molecular weight excluding hydrogens is 230 g/mol. The van der Waals surface area contributed by atoms with Gasteiger partial charge in [-0.05, 0) is 24.6 Å². The summed E-state index contributed by atoms with van der Waals surface area (Å²) in [6, 6.07) is 7.76. The van der Waals surface area contributed by atoms with Crippen LogP contribution in [-0.4, -0.2) is 25.4 Å². The Morgan fingerprint density at radius 1 is 1.44 bits per heavy atom. The molecule has 0 aliphatic carbocycles. The molecule has 0 saturated carbocycles. The van der Waals surface area contributed by atoms with Gasteiger partial charge in [-0.2, -0.15) is 0 Å². The first-order chi connectivity index (χ1) is 8.70. The van der Waals surface area contributed by atoms with Crippen LogP contribution in [0, 0.1) is 5.92 Å². The van der Waals surface area contributed by atoms with E-state index in [9.17, 15) is 4.79 Å². The number of cyclic esters (lactones) is 1. The van der Waals surface area contributed by atoms with E-state index >= 15 is 0 Å². The van der Waals surface area contributed by atoms with Gasteiger partial charge in [-0.3, -0.25) is 9.79 Å². The van der Waals surface area contributed by atoms with Gasteiger partial charge >= 0.3 is 5.97 Å². The van der Waals surface area contributed by atoms with E-state index in [2.05, 4.69) is 4.99 Å². The zero-order chi connectivity index (χ0) is 13.0. The SMILES string of the molecule is COc1ccc(CN=C(C)C2CCOC2=O)cc1. The third-order valence-electron chi connectivity index (χ3n) is 3.11. The monoisotopic (exact) mass is 247 g/mol. The fraction of sp³-hybridized carbons (Fsp3) is 0.429. The van der Waals surface area contributed by atoms with Crippen molar-refractivity contribution in [2.75, 3.05) is 13.7 Å². The lowest BCUT2D eigenvalue weighted by atomic mass is 10.0. The maximum absolute atomic E-state index is 11.4. The van der Waals surface area contributed by atoms with Crippen molar-refractivity contribution >= 4 is 11.7 Å². The van der Waals surface area contributed by atoms with E-state index in [4.69, 9.17) is 9.47 Å². The van der Waals surface area contributed by atoms with Crippen molar-refractivity contribution < 1.29 is 14.3 Å². The molecule has 2 rings (SSSR count). The molecule has 18 heavy (non-hydrogen) atoms. The summed E-state index contributed by atoms with van der Waals surface area (Å²) in [7, 11) is 1.64. The summed E-state index contributed by atoms with van der Waals surface area (Å²) in [5.74, 6) is 0.535. The molecule has 96 valence electrons. The van der Waals surface area contributed by atoms with E-state index in [0.717, 1.165) is 23.4 Å². The van der Waals surface area contributed by atoms with Crippen LogP contribution in [-0.2, 0) is 16.1 Å². The van der Waals surface area contributed by atoms with Gasteiger partial charge in [0, 0.05) is 12.1 Å². The molecule has 0 amide bonds. The fourth-order valence-electron chi connectivity index (χ4n) is 1.93. The van der Waals surface area contributed by atoms with Crippen molar-refractivity contribution in [3.63, 3.8) is 0 Å². The third kappa shape index (κ3) is 2.88. The molecule has 0 aromatic heterocycles. The summed E-state index contributed by atoms with van der Waals surface area (Å²) in [5, 5.41) is 0. The van der Waals surface area contributed by atoms with Crippen LogP contribution in [0.5, 0.6) is 5.75 Å². The summed E-state index contributed by atoms with van der Waals surface area (Å²) < 4.78 is 10.0. The van der Waals surface area contributed by atoms with Crippen LogP contribution in [0.1, 0.15) is 18.9 Å². The van der Waals surface area contributed by atoms with Crippen molar-refractivity contribution in [3.05, 3.63) is 29.8 Å². The van der Waals surface area contributed by atoms with Gasteiger partial charge in [0.05, 0.1) is 26.2 Å². The van der Waals surface area contributed by atoms with Gasteiger partial charge in [0.15, 0.2) is 0 Å². The van der Waals surface area contributed by atoms with Crippen LogP contribution in [0.25, 0.3) is 0 Å². The van der Waals surface area contributed by atoms with E-state index in [1.54, 1.807) is 7.11 Å². The van der Waals surface area contributed by atoms with Gasteiger partial charge in [-0.1, -0.05) is 12.1 Å². The molecule has 1 aliphatic rings. The highest BCUT2D eigenvalue weighted by molar-refractivity contribution is 6.01. The molecule has 1 atom stereocenters. The van der Waals surface area contributed by atoms with Crippen LogP contribution >= 0.6 is 0 Å². The smallest absolute Gasteiger partial charge is 0.314 e. The zero-order valence-corrected chi connectivity index (χ0v) is 10.7. The van der Waals surface area contributed by atoms with E-state index in [-0.39, 0.29) is 11.9 Å². The number of nitrogens with zero attached hydrogens (tertiary/aromatic N) is 1. The Balaban J connectivity index is 1.98. The van der Waals surface area contributed by atoms with E-state index in [1.165, 1.54) is 0 Å². The van der Waals surface area contributed by atoms with E-state index < -0.39 is 0 Å². The number of methoxy groups -OCH3 is 1. The number of ether oxygens (including phenoxy) is 2. The lowest BCUT2D eigenvalue weighted by Crippen LogP contribution is -2.16. The number of rotatable bonds is 4. The second kappa shape index (κ2) is 5.67. The maximum Gasteiger partial charge on any atom is 0.314 e. The molecule has 0 spiro atoms. The normalized spacial score (nSPS) is 19.8. The Morgan fingerprint density at radius 2 is 2.17 bits per heavy atom. The Hall–Kier alpha value is -1.84. The Labute approximate surface area is 107 Å². The van der Waals surface area contributed by atoms with E-state index in [0.29, 0.717) is 13.2 Å². The summed E-state index contributed by atoms with van der Waals surface area (Å²) in [6.45, 7) is 2.99. The van der Waals surface area contributed by atoms with Crippen LogP contribution in [0.4, 0.5) is 0 Å². The number of hydrogen-bond donors (Lipinski definition) is 0. The first-order valence-electron chi connectivity index (χ1n) is 6.01. The third-order valence-corrected chi connectivity index (χ3v) is 3.11. The fourth-order valence-corrected chi connectivity index (χ4v) is 1.93. The van der Waals surface area contributed by atoms with Gasteiger partial charge < -0.3 is 9.47 Å². The molecule has 1 heterocycles. The van der Waals surface area contributed by atoms with Crippen molar-refractivity contribution in [3.8, 4) is 5.75 Å². The molecule has 1 fully saturated rings. The Morgan fingerprint density at radius 3 is 2.72 bits per heavy atom. The van der Waals surface area contributed by atoms with Crippen LogP contribution < -0.4 is 4.74 Å². The average Bonchev–Trinajstić information content (AvgIpc) is 2.83. The first-order valence-corrected chi connectivity index (χ1v) is 6.01. The topological polar surface area (TPSA) is 47.9 Å². The molecular formula is C14H17NO3. The number of carbonyl (C=O) groups is 1. The van der Waals surface area contributed by atoms with Crippen molar-refractivity contribution in [2.45, 2.75) is 19.9 Å².